The van der Waals surface area contributed by atoms with Gasteiger partial charge in [0.05, 0.1) is 0 Å². The predicted octanol–water partition coefficient (Wildman–Crippen LogP) is 3.25. The molecule has 0 spiro atoms. The molecule has 3 nitrogen and oxygen atoms in total. The molecule has 1 rings (SSSR count). The van der Waals surface area contributed by atoms with Gasteiger partial charge in [0.1, 0.15) is 17.2 Å². The van der Waals surface area contributed by atoms with Gasteiger partial charge >= 0.3 is 0 Å². The first-order valence-electron chi connectivity index (χ1n) is 5.02. The van der Waals surface area contributed by atoms with E-state index in [9.17, 15) is 5.11 Å². The van der Waals surface area contributed by atoms with Crippen molar-refractivity contribution in [2.75, 3.05) is 0 Å². The van der Waals surface area contributed by atoms with Gasteiger partial charge in [0.2, 0.25) is 0 Å². The molecule has 1 aromatic carbocycles. The average Bonchev–Trinajstić information content (AvgIpc) is 2.17. The van der Waals surface area contributed by atoms with Gasteiger partial charge in [-0.2, -0.15) is 5.26 Å². The van der Waals surface area contributed by atoms with Gasteiger partial charge in [0.15, 0.2) is 0 Å². The molecule has 0 bridgehead atoms. The maximum absolute atomic E-state index is 9.73. The topological polar surface area (TPSA) is 53.2 Å². The van der Waals surface area contributed by atoms with E-state index in [1.165, 1.54) is 0 Å². The highest BCUT2D eigenvalue weighted by Gasteiger charge is 2.17. The molecule has 16 heavy (non-hydrogen) atoms. The summed E-state index contributed by atoms with van der Waals surface area (Å²) in [6.07, 6.45) is 0. The molecule has 0 saturated heterocycles. The lowest BCUT2D eigenvalue weighted by Gasteiger charge is -2.20. The Kier molecular flexibility index (Phi) is 3.57. The van der Waals surface area contributed by atoms with Crippen LogP contribution in [0, 0.1) is 11.3 Å². The van der Waals surface area contributed by atoms with Gasteiger partial charge in [0.25, 0.3) is 5.95 Å². The fraction of sp³-hybridized carbons (Fsp3) is 0.308. The van der Waals surface area contributed by atoms with Crippen molar-refractivity contribution >= 4 is 5.57 Å². The molecule has 0 atom stereocenters. The minimum Gasteiger partial charge on any atom is -0.480 e. The molecule has 0 radical (unpaired) electrons. The Morgan fingerprint density at radius 3 is 2.25 bits per heavy atom. The quantitative estimate of drug-likeness (QED) is 0.611. The Hall–Kier alpha value is -1.95. The van der Waals surface area contributed by atoms with Crippen LogP contribution in [-0.4, -0.2) is 10.7 Å². The van der Waals surface area contributed by atoms with Gasteiger partial charge in [-0.3, -0.25) is 0 Å². The number of aliphatic hydroxyl groups excluding tert-OH is 1. The smallest absolute Gasteiger partial charge is 0.296 e. The zero-order valence-corrected chi connectivity index (χ0v) is 9.69. The molecule has 3 heteroatoms. The number of ether oxygens (including phenoxy) is 1. The SMILES string of the molecule is CC(C)(C)O/C(O)=C(\C#N)c1ccccc1. The summed E-state index contributed by atoms with van der Waals surface area (Å²) in [7, 11) is 0. The minimum atomic E-state index is -0.527. The van der Waals surface area contributed by atoms with E-state index in [1.54, 1.807) is 24.3 Å². The highest BCUT2D eigenvalue weighted by atomic mass is 16.6. The third kappa shape index (κ3) is 3.32. The molecule has 0 aliphatic carbocycles. The number of hydrogen-bond acceptors (Lipinski definition) is 3. The van der Waals surface area contributed by atoms with E-state index in [4.69, 9.17) is 10.00 Å². The van der Waals surface area contributed by atoms with E-state index in [1.807, 2.05) is 32.9 Å². The van der Waals surface area contributed by atoms with Crippen molar-refractivity contribution in [2.24, 2.45) is 0 Å². The van der Waals surface area contributed by atoms with E-state index < -0.39 is 5.60 Å². The maximum atomic E-state index is 9.73. The Balaban J connectivity index is 3.08. The monoisotopic (exact) mass is 217 g/mol. The van der Waals surface area contributed by atoms with Gasteiger partial charge < -0.3 is 9.84 Å². The average molecular weight is 217 g/mol. The number of nitrogens with zero attached hydrogens (tertiary/aromatic N) is 1. The van der Waals surface area contributed by atoms with Crippen LogP contribution in [0.2, 0.25) is 0 Å². The third-order valence-corrected chi connectivity index (χ3v) is 1.79. The summed E-state index contributed by atoms with van der Waals surface area (Å²) in [4.78, 5) is 0. The van der Waals surface area contributed by atoms with Crippen LogP contribution in [0.1, 0.15) is 26.3 Å². The van der Waals surface area contributed by atoms with E-state index >= 15 is 0 Å². The zero-order valence-electron chi connectivity index (χ0n) is 9.69. The minimum absolute atomic E-state index is 0.149. The molecule has 0 unspecified atom stereocenters. The second kappa shape index (κ2) is 4.71. The number of aliphatic hydroxyl groups is 1. The fourth-order valence-electron chi connectivity index (χ4n) is 1.18. The Bertz CT molecular complexity index is 421. The molecule has 1 aromatic rings. The number of allylic oxidation sites excluding steroid dienone is 1. The first kappa shape index (κ1) is 12.1. The fourth-order valence-corrected chi connectivity index (χ4v) is 1.18. The van der Waals surface area contributed by atoms with Crippen molar-refractivity contribution in [1.29, 1.82) is 5.26 Å². The number of rotatable bonds is 2. The molecule has 0 saturated carbocycles. The van der Waals surface area contributed by atoms with Crippen LogP contribution in [0.4, 0.5) is 0 Å². The Labute approximate surface area is 95.6 Å². The summed E-state index contributed by atoms with van der Waals surface area (Å²) in [6.45, 7) is 5.43. The standard InChI is InChI=1S/C13H15NO2/c1-13(2,3)16-12(15)11(9-14)10-7-5-4-6-8-10/h4-8,15H,1-3H3/b12-11+. The van der Waals surface area contributed by atoms with Crippen molar-refractivity contribution in [3.8, 4) is 6.07 Å². The van der Waals surface area contributed by atoms with E-state index in [0.717, 1.165) is 0 Å². The first-order valence-corrected chi connectivity index (χ1v) is 5.02. The van der Waals surface area contributed by atoms with Crippen LogP contribution in [0.15, 0.2) is 36.3 Å². The molecule has 0 amide bonds. The summed E-state index contributed by atoms with van der Waals surface area (Å²) < 4.78 is 5.26. The molecule has 0 aromatic heterocycles. The van der Waals surface area contributed by atoms with Crippen LogP contribution in [0.25, 0.3) is 5.57 Å². The lowest BCUT2D eigenvalue weighted by atomic mass is 10.1. The number of nitriles is 1. The molecule has 84 valence electrons. The lowest BCUT2D eigenvalue weighted by Crippen LogP contribution is -2.19. The Morgan fingerprint density at radius 2 is 1.81 bits per heavy atom. The van der Waals surface area contributed by atoms with Crippen molar-refractivity contribution < 1.29 is 9.84 Å². The Morgan fingerprint density at radius 1 is 1.25 bits per heavy atom. The molecular weight excluding hydrogens is 202 g/mol. The molecular formula is C13H15NO2. The largest absolute Gasteiger partial charge is 0.480 e. The molecule has 1 N–H and O–H groups in total. The summed E-state index contributed by atoms with van der Waals surface area (Å²) in [6, 6.07) is 10.9. The summed E-state index contributed by atoms with van der Waals surface area (Å²) in [5.41, 5.74) is 0.267. The second-order valence-electron chi connectivity index (χ2n) is 4.37. The zero-order chi connectivity index (χ0) is 12.2. The van der Waals surface area contributed by atoms with Gasteiger partial charge in [0, 0.05) is 0 Å². The van der Waals surface area contributed by atoms with Gasteiger partial charge in [-0.15, -0.1) is 0 Å². The van der Waals surface area contributed by atoms with Crippen LogP contribution in [0.5, 0.6) is 0 Å². The normalized spacial score (nSPS) is 12.6. The second-order valence-corrected chi connectivity index (χ2v) is 4.37. The highest BCUT2D eigenvalue weighted by molar-refractivity contribution is 5.77. The van der Waals surface area contributed by atoms with E-state index in [0.29, 0.717) is 5.56 Å². The number of hydrogen-bond donors (Lipinski definition) is 1. The summed E-state index contributed by atoms with van der Waals surface area (Å²) in [5.74, 6) is -0.332. The van der Waals surface area contributed by atoms with E-state index in [-0.39, 0.29) is 11.5 Å². The van der Waals surface area contributed by atoms with E-state index in [2.05, 4.69) is 0 Å². The predicted molar refractivity (Wildman–Crippen MR) is 62.4 cm³/mol. The highest BCUT2D eigenvalue weighted by Crippen LogP contribution is 2.21. The van der Waals surface area contributed by atoms with Crippen molar-refractivity contribution in [1.82, 2.24) is 0 Å². The summed E-state index contributed by atoms with van der Waals surface area (Å²) in [5, 5.41) is 18.7. The van der Waals surface area contributed by atoms with Crippen molar-refractivity contribution in [2.45, 2.75) is 26.4 Å². The maximum Gasteiger partial charge on any atom is 0.296 e. The van der Waals surface area contributed by atoms with Gasteiger partial charge in [-0.25, -0.2) is 0 Å². The van der Waals surface area contributed by atoms with Crippen LogP contribution < -0.4 is 0 Å². The molecule has 0 fully saturated rings. The number of benzene rings is 1. The van der Waals surface area contributed by atoms with Crippen LogP contribution in [-0.2, 0) is 4.74 Å². The van der Waals surface area contributed by atoms with Crippen molar-refractivity contribution in [3.63, 3.8) is 0 Å². The summed E-state index contributed by atoms with van der Waals surface area (Å²) >= 11 is 0. The van der Waals surface area contributed by atoms with Crippen LogP contribution in [0.3, 0.4) is 0 Å². The molecule has 0 aliphatic heterocycles. The van der Waals surface area contributed by atoms with Crippen LogP contribution >= 0.6 is 0 Å². The van der Waals surface area contributed by atoms with Crippen molar-refractivity contribution in [3.05, 3.63) is 41.8 Å². The van der Waals surface area contributed by atoms with Gasteiger partial charge in [-0.1, -0.05) is 30.3 Å². The molecule has 0 aliphatic rings. The lowest BCUT2D eigenvalue weighted by molar-refractivity contribution is -0.0123. The molecule has 0 heterocycles. The third-order valence-electron chi connectivity index (χ3n) is 1.79. The first-order chi connectivity index (χ1) is 7.44. The van der Waals surface area contributed by atoms with Gasteiger partial charge in [-0.05, 0) is 26.3 Å².